The fourth-order valence-corrected chi connectivity index (χ4v) is 4.36. The maximum Gasteiger partial charge on any atom is 0.295 e. The van der Waals surface area contributed by atoms with Crippen molar-refractivity contribution in [2.24, 2.45) is 0 Å². The van der Waals surface area contributed by atoms with Crippen molar-refractivity contribution in [3.05, 3.63) is 70.3 Å². The number of likely N-dealkylation sites (tertiary alicyclic amines) is 1. The molecule has 1 fully saturated rings. The average Bonchev–Trinajstić information content (AvgIpc) is 3.03. The minimum atomic E-state index is -0.722. The second-order valence-electron chi connectivity index (χ2n) is 10.4. The number of benzene rings is 2. The van der Waals surface area contributed by atoms with Crippen LogP contribution in [-0.4, -0.2) is 48.1 Å². The number of ether oxygens (including phenoxy) is 2. The minimum absolute atomic E-state index is 0.0268. The van der Waals surface area contributed by atoms with Crippen LogP contribution in [0.2, 0.25) is 0 Å². The van der Waals surface area contributed by atoms with Crippen molar-refractivity contribution < 1.29 is 24.2 Å². The number of ketones is 1. The van der Waals surface area contributed by atoms with Crippen molar-refractivity contribution in [3.63, 3.8) is 0 Å². The zero-order chi connectivity index (χ0) is 25.9. The van der Waals surface area contributed by atoms with Crippen LogP contribution in [-0.2, 0) is 19.7 Å². The standard InChI is InChI=1S/C29H37NO5/c1-18(2)35-22-11-8-10-20(16-22)25-24(27(32)28(33)30(25)14-9-15-34-7)26(31)23-17-21(29(4,5)6)13-12-19(23)3/h8,10-13,16-18,25,31H,9,14-15H2,1-7H3/b26-24+. The van der Waals surface area contributed by atoms with E-state index in [2.05, 4.69) is 20.8 Å². The molecule has 2 aromatic rings. The third-order valence-electron chi connectivity index (χ3n) is 6.19. The van der Waals surface area contributed by atoms with Crippen molar-refractivity contribution in [2.45, 2.75) is 65.5 Å². The molecule has 6 nitrogen and oxygen atoms in total. The monoisotopic (exact) mass is 479 g/mol. The first kappa shape index (κ1) is 26.5. The van der Waals surface area contributed by atoms with Gasteiger partial charge in [0.15, 0.2) is 0 Å². The van der Waals surface area contributed by atoms with Gasteiger partial charge in [0.05, 0.1) is 17.7 Å². The van der Waals surface area contributed by atoms with Crippen LogP contribution in [0.1, 0.15) is 69.3 Å². The summed E-state index contributed by atoms with van der Waals surface area (Å²) in [4.78, 5) is 28.0. The maximum absolute atomic E-state index is 13.3. The summed E-state index contributed by atoms with van der Waals surface area (Å²) in [5.41, 5.74) is 3.09. The number of hydrogen-bond acceptors (Lipinski definition) is 5. The molecule has 1 heterocycles. The van der Waals surface area contributed by atoms with Crippen LogP contribution in [0.4, 0.5) is 0 Å². The van der Waals surface area contributed by atoms with Gasteiger partial charge in [-0.05, 0) is 67.5 Å². The van der Waals surface area contributed by atoms with Crippen LogP contribution in [0.5, 0.6) is 5.75 Å². The van der Waals surface area contributed by atoms with Gasteiger partial charge in [0.1, 0.15) is 11.5 Å². The van der Waals surface area contributed by atoms with Crippen LogP contribution in [0.25, 0.3) is 5.76 Å². The first-order chi connectivity index (χ1) is 16.5. The molecule has 0 aliphatic carbocycles. The molecule has 0 radical (unpaired) electrons. The highest BCUT2D eigenvalue weighted by Crippen LogP contribution is 2.41. The lowest BCUT2D eigenvalue weighted by molar-refractivity contribution is -0.140. The summed E-state index contributed by atoms with van der Waals surface area (Å²) < 4.78 is 11.0. The third-order valence-corrected chi connectivity index (χ3v) is 6.19. The molecular weight excluding hydrogens is 442 g/mol. The van der Waals surface area contributed by atoms with Gasteiger partial charge in [0.2, 0.25) is 0 Å². The second-order valence-corrected chi connectivity index (χ2v) is 10.4. The van der Waals surface area contributed by atoms with E-state index in [0.29, 0.717) is 36.4 Å². The number of amides is 1. The number of rotatable bonds is 8. The number of Topliss-reactive ketones (excluding diaryl/α,β-unsaturated/α-hetero) is 1. The van der Waals surface area contributed by atoms with Crippen LogP contribution in [0, 0.1) is 6.92 Å². The Morgan fingerprint density at radius 2 is 1.83 bits per heavy atom. The van der Waals surface area contributed by atoms with E-state index in [0.717, 1.165) is 11.1 Å². The van der Waals surface area contributed by atoms with Gasteiger partial charge in [-0.25, -0.2) is 0 Å². The molecule has 0 aromatic heterocycles. The van der Waals surface area contributed by atoms with E-state index in [9.17, 15) is 14.7 Å². The molecule has 1 aliphatic heterocycles. The number of carbonyl (C=O) groups excluding carboxylic acids is 2. The van der Waals surface area contributed by atoms with E-state index in [1.807, 2.05) is 63.2 Å². The number of hydrogen-bond donors (Lipinski definition) is 1. The number of nitrogens with zero attached hydrogens (tertiary/aromatic N) is 1. The lowest BCUT2D eigenvalue weighted by Gasteiger charge is -2.26. The predicted molar refractivity (Wildman–Crippen MR) is 138 cm³/mol. The Kier molecular flexibility index (Phi) is 8.06. The third kappa shape index (κ3) is 5.76. The number of aliphatic hydroxyl groups excluding tert-OH is 1. The van der Waals surface area contributed by atoms with Gasteiger partial charge in [-0.1, -0.05) is 45.0 Å². The largest absolute Gasteiger partial charge is 0.507 e. The Labute approximate surface area is 208 Å². The molecule has 1 N–H and O–H groups in total. The first-order valence-electron chi connectivity index (χ1n) is 12.1. The van der Waals surface area contributed by atoms with Gasteiger partial charge in [-0.15, -0.1) is 0 Å². The van der Waals surface area contributed by atoms with E-state index in [-0.39, 0.29) is 22.9 Å². The van der Waals surface area contributed by atoms with Crippen molar-refractivity contribution >= 4 is 17.4 Å². The average molecular weight is 480 g/mol. The minimum Gasteiger partial charge on any atom is -0.507 e. The maximum atomic E-state index is 13.3. The van der Waals surface area contributed by atoms with Gasteiger partial charge in [0, 0.05) is 25.8 Å². The quantitative estimate of drug-likeness (QED) is 0.233. The van der Waals surface area contributed by atoms with Crippen LogP contribution >= 0.6 is 0 Å². The first-order valence-corrected chi connectivity index (χ1v) is 12.1. The number of methoxy groups -OCH3 is 1. The molecule has 1 saturated heterocycles. The molecule has 6 heteroatoms. The van der Waals surface area contributed by atoms with Crippen LogP contribution in [0.3, 0.4) is 0 Å². The lowest BCUT2D eigenvalue weighted by atomic mass is 9.84. The van der Waals surface area contributed by atoms with E-state index < -0.39 is 17.7 Å². The molecule has 1 aliphatic rings. The molecular formula is C29H37NO5. The predicted octanol–water partition coefficient (Wildman–Crippen LogP) is 5.54. The summed E-state index contributed by atoms with van der Waals surface area (Å²) in [6.07, 6.45) is 0.543. The normalized spacial score (nSPS) is 17.9. The van der Waals surface area contributed by atoms with Gasteiger partial charge >= 0.3 is 0 Å². The van der Waals surface area contributed by atoms with Crippen molar-refractivity contribution in [1.82, 2.24) is 4.90 Å². The molecule has 35 heavy (non-hydrogen) atoms. The van der Waals surface area contributed by atoms with Crippen LogP contribution < -0.4 is 4.74 Å². The van der Waals surface area contributed by atoms with E-state index in [1.54, 1.807) is 7.11 Å². The molecule has 0 spiro atoms. The molecule has 1 atom stereocenters. The Morgan fingerprint density at radius 1 is 1.11 bits per heavy atom. The van der Waals surface area contributed by atoms with E-state index in [4.69, 9.17) is 9.47 Å². The van der Waals surface area contributed by atoms with Crippen molar-refractivity contribution in [3.8, 4) is 5.75 Å². The van der Waals surface area contributed by atoms with E-state index in [1.165, 1.54) is 4.90 Å². The summed E-state index contributed by atoms with van der Waals surface area (Å²) in [5.74, 6) is -0.805. The topological polar surface area (TPSA) is 76.1 Å². The van der Waals surface area contributed by atoms with Crippen molar-refractivity contribution in [1.29, 1.82) is 0 Å². The molecule has 0 saturated carbocycles. The smallest absolute Gasteiger partial charge is 0.295 e. The van der Waals surface area contributed by atoms with Gasteiger partial charge in [-0.3, -0.25) is 9.59 Å². The summed E-state index contributed by atoms with van der Waals surface area (Å²) in [7, 11) is 1.60. The zero-order valence-electron chi connectivity index (χ0n) is 21.8. The van der Waals surface area contributed by atoms with Crippen molar-refractivity contribution in [2.75, 3.05) is 20.3 Å². The molecule has 188 valence electrons. The Morgan fingerprint density at radius 3 is 2.46 bits per heavy atom. The SMILES string of the molecule is COCCCN1C(=O)C(=O)/C(=C(/O)c2cc(C(C)(C)C)ccc2C)C1c1cccc(OC(C)C)c1. The Hall–Kier alpha value is -3.12. The van der Waals surface area contributed by atoms with E-state index >= 15 is 0 Å². The highest BCUT2D eigenvalue weighted by molar-refractivity contribution is 6.46. The summed E-state index contributed by atoms with van der Waals surface area (Å²) >= 11 is 0. The number of carbonyl (C=O) groups is 2. The Bertz CT molecular complexity index is 1130. The van der Waals surface area contributed by atoms with Gasteiger partial charge in [-0.2, -0.15) is 0 Å². The number of aliphatic hydroxyl groups is 1. The fourth-order valence-electron chi connectivity index (χ4n) is 4.36. The fraction of sp³-hybridized carbons (Fsp3) is 0.448. The molecule has 1 unspecified atom stereocenters. The highest BCUT2D eigenvalue weighted by atomic mass is 16.5. The zero-order valence-corrected chi connectivity index (χ0v) is 21.8. The second kappa shape index (κ2) is 10.6. The molecule has 3 rings (SSSR count). The highest BCUT2D eigenvalue weighted by Gasteiger charge is 2.46. The molecule has 2 aromatic carbocycles. The summed E-state index contributed by atoms with van der Waals surface area (Å²) in [6, 6.07) is 12.5. The molecule has 1 amide bonds. The lowest BCUT2D eigenvalue weighted by Crippen LogP contribution is -2.31. The summed E-state index contributed by atoms with van der Waals surface area (Å²) in [5, 5.41) is 11.5. The van der Waals surface area contributed by atoms with Gasteiger partial charge < -0.3 is 19.5 Å². The number of aryl methyl sites for hydroxylation is 1. The Balaban J connectivity index is 2.20. The van der Waals surface area contributed by atoms with Gasteiger partial charge in [0.25, 0.3) is 11.7 Å². The molecule has 0 bridgehead atoms. The van der Waals surface area contributed by atoms with Crippen LogP contribution in [0.15, 0.2) is 48.0 Å². The summed E-state index contributed by atoms with van der Waals surface area (Å²) in [6.45, 7) is 12.8.